The van der Waals surface area contributed by atoms with Crippen LogP contribution in [0.5, 0.6) is 0 Å². The van der Waals surface area contributed by atoms with Crippen molar-refractivity contribution in [3.63, 3.8) is 0 Å². The minimum absolute atomic E-state index is 0.266. The molecule has 72 valence electrons. The molecule has 1 aromatic rings. The van der Waals surface area contributed by atoms with Gasteiger partial charge in [-0.1, -0.05) is 0 Å². The van der Waals surface area contributed by atoms with Gasteiger partial charge in [-0.25, -0.2) is 0 Å². The summed E-state index contributed by atoms with van der Waals surface area (Å²) >= 11 is 6.51. The summed E-state index contributed by atoms with van der Waals surface area (Å²) in [5.41, 5.74) is 0.874. The molecule has 0 aromatic heterocycles. The summed E-state index contributed by atoms with van der Waals surface area (Å²) in [6.07, 6.45) is 0. The molecule has 5 heteroatoms. The predicted molar refractivity (Wildman–Crippen MR) is 58.3 cm³/mol. The average molecular weight is 319 g/mol. The summed E-state index contributed by atoms with van der Waals surface area (Å²) in [4.78, 5) is 24.4. The zero-order chi connectivity index (χ0) is 10.5. The zero-order valence-corrected chi connectivity index (χ0v) is 10.3. The Balaban J connectivity index is 2.80. The van der Waals surface area contributed by atoms with E-state index in [0.717, 1.165) is 4.90 Å². The van der Waals surface area contributed by atoms with Crippen LogP contribution in [0.2, 0.25) is 0 Å². The van der Waals surface area contributed by atoms with E-state index in [0.29, 0.717) is 20.1 Å². The van der Waals surface area contributed by atoms with Crippen LogP contribution in [0.25, 0.3) is 0 Å². The third-order valence-electron chi connectivity index (χ3n) is 2.14. The largest absolute Gasteiger partial charge is 0.277 e. The van der Waals surface area contributed by atoms with Gasteiger partial charge in [0.1, 0.15) is 0 Å². The lowest BCUT2D eigenvalue weighted by Gasteiger charge is -2.03. The molecular formula is C9H5Br2NO2. The van der Waals surface area contributed by atoms with Crippen molar-refractivity contribution in [2.45, 2.75) is 0 Å². The van der Waals surface area contributed by atoms with Crippen LogP contribution in [0.1, 0.15) is 20.7 Å². The monoisotopic (exact) mass is 317 g/mol. The van der Waals surface area contributed by atoms with Gasteiger partial charge < -0.3 is 0 Å². The van der Waals surface area contributed by atoms with E-state index >= 15 is 0 Å². The van der Waals surface area contributed by atoms with Gasteiger partial charge in [-0.05, 0) is 44.0 Å². The normalized spacial score (nSPS) is 14.9. The predicted octanol–water partition coefficient (Wildman–Crippen LogP) is 2.44. The zero-order valence-electron chi connectivity index (χ0n) is 7.17. The lowest BCUT2D eigenvalue weighted by molar-refractivity contribution is 0.0692. The number of carbonyl (C=O) groups is 2. The molecular weight excluding hydrogens is 314 g/mol. The summed E-state index contributed by atoms with van der Waals surface area (Å²) in [6.45, 7) is 0. The highest BCUT2D eigenvalue weighted by Gasteiger charge is 2.36. The van der Waals surface area contributed by atoms with Crippen molar-refractivity contribution in [2.24, 2.45) is 0 Å². The third kappa shape index (κ3) is 1.15. The lowest BCUT2D eigenvalue weighted by atomic mass is 10.1. The molecule has 0 aliphatic carbocycles. The highest BCUT2D eigenvalue weighted by Crippen LogP contribution is 2.33. The molecule has 0 saturated carbocycles. The first-order valence-corrected chi connectivity index (χ1v) is 5.43. The maximum Gasteiger partial charge on any atom is 0.262 e. The van der Waals surface area contributed by atoms with Gasteiger partial charge in [0.2, 0.25) is 0 Å². The third-order valence-corrected chi connectivity index (χ3v) is 3.46. The Kier molecular flexibility index (Phi) is 2.23. The first kappa shape index (κ1) is 9.86. The molecule has 1 aliphatic heterocycles. The minimum Gasteiger partial charge on any atom is -0.277 e. The van der Waals surface area contributed by atoms with Crippen molar-refractivity contribution in [3.8, 4) is 0 Å². The van der Waals surface area contributed by atoms with Crippen LogP contribution < -0.4 is 0 Å². The number of imide groups is 1. The van der Waals surface area contributed by atoms with Crippen LogP contribution in [0.15, 0.2) is 21.1 Å². The smallest absolute Gasteiger partial charge is 0.262 e. The number of fused-ring (bicyclic) bond motifs is 1. The van der Waals surface area contributed by atoms with Crippen LogP contribution in [0, 0.1) is 0 Å². The second-order valence-corrected chi connectivity index (χ2v) is 4.66. The van der Waals surface area contributed by atoms with Gasteiger partial charge in [0, 0.05) is 16.0 Å². The highest BCUT2D eigenvalue weighted by molar-refractivity contribution is 9.11. The van der Waals surface area contributed by atoms with E-state index in [4.69, 9.17) is 0 Å². The fraction of sp³-hybridized carbons (Fsp3) is 0.111. The van der Waals surface area contributed by atoms with Gasteiger partial charge in [0.05, 0.1) is 11.1 Å². The Hall–Kier alpha value is -0.680. The number of halogens is 2. The first-order valence-electron chi connectivity index (χ1n) is 3.84. The molecule has 0 unspecified atom stereocenters. The van der Waals surface area contributed by atoms with Crippen LogP contribution in [-0.2, 0) is 0 Å². The summed E-state index contributed by atoms with van der Waals surface area (Å²) in [5.74, 6) is -0.531. The van der Waals surface area contributed by atoms with E-state index in [-0.39, 0.29) is 11.8 Å². The van der Waals surface area contributed by atoms with Crippen molar-refractivity contribution in [1.82, 2.24) is 4.90 Å². The van der Waals surface area contributed by atoms with Gasteiger partial charge in [-0.15, -0.1) is 0 Å². The first-order chi connectivity index (χ1) is 6.54. The van der Waals surface area contributed by atoms with Crippen LogP contribution in [0.3, 0.4) is 0 Å². The van der Waals surface area contributed by atoms with Crippen molar-refractivity contribution >= 4 is 43.7 Å². The van der Waals surface area contributed by atoms with Crippen molar-refractivity contribution in [2.75, 3.05) is 7.05 Å². The van der Waals surface area contributed by atoms with Crippen molar-refractivity contribution in [3.05, 3.63) is 32.2 Å². The van der Waals surface area contributed by atoms with Crippen LogP contribution in [0.4, 0.5) is 0 Å². The van der Waals surface area contributed by atoms with E-state index in [1.54, 1.807) is 12.1 Å². The minimum atomic E-state index is -0.266. The number of hydrogen-bond acceptors (Lipinski definition) is 2. The Bertz CT molecular complexity index is 415. The van der Waals surface area contributed by atoms with Gasteiger partial charge in [-0.2, -0.15) is 0 Å². The number of hydrogen-bond donors (Lipinski definition) is 0. The fourth-order valence-electron chi connectivity index (χ4n) is 1.40. The van der Waals surface area contributed by atoms with E-state index < -0.39 is 0 Å². The van der Waals surface area contributed by atoms with E-state index in [1.165, 1.54) is 7.05 Å². The topological polar surface area (TPSA) is 37.4 Å². The standard InChI is InChI=1S/C9H5Br2NO2/c1-12-8(13)6-4(10)2-3-5(11)7(6)9(12)14/h2-3H,1H3. The molecule has 0 fully saturated rings. The lowest BCUT2D eigenvalue weighted by Crippen LogP contribution is -2.24. The van der Waals surface area contributed by atoms with Crippen LogP contribution >= 0.6 is 31.9 Å². The quantitative estimate of drug-likeness (QED) is 0.689. The molecule has 0 radical (unpaired) electrons. The Morgan fingerprint density at radius 3 is 1.71 bits per heavy atom. The summed E-state index contributed by atoms with van der Waals surface area (Å²) in [5, 5.41) is 0. The molecule has 1 heterocycles. The molecule has 0 spiro atoms. The van der Waals surface area contributed by atoms with Gasteiger partial charge in [0.15, 0.2) is 0 Å². The van der Waals surface area contributed by atoms with Crippen molar-refractivity contribution in [1.29, 1.82) is 0 Å². The highest BCUT2D eigenvalue weighted by atomic mass is 79.9. The maximum atomic E-state index is 11.6. The molecule has 1 aromatic carbocycles. The Morgan fingerprint density at radius 2 is 1.36 bits per heavy atom. The number of amides is 2. The van der Waals surface area contributed by atoms with E-state index in [9.17, 15) is 9.59 Å². The summed E-state index contributed by atoms with van der Waals surface area (Å²) < 4.78 is 1.30. The summed E-state index contributed by atoms with van der Waals surface area (Å²) in [6, 6.07) is 3.49. The van der Waals surface area contributed by atoms with Crippen molar-refractivity contribution < 1.29 is 9.59 Å². The number of rotatable bonds is 0. The van der Waals surface area contributed by atoms with Gasteiger partial charge in [0.25, 0.3) is 11.8 Å². The molecule has 0 bridgehead atoms. The number of benzene rings is 1. The number of carbonyl (C=O) groups excluding carboxylic acids is 2. The average Bonchev–Trinajstić information content (AvgIpc) is 2.38. The Morgan fingerprint density at radius 1 is 1.00 bits per heavy atom. The maximum absolute atomic E-state index is 11.6. The SMILES string of the molecule is CN1C(=O)c2c(Br)ccc(Br)c2C1=O. The molecule has 2 amide bonds. The van der Waals surface area contributed by atoms with Gasteiger partial charge >= 0.3 is 0 Å². The number of nitrogens with zero attached hydrogens (tertiary/aromatic N) is 1. The summed E-state index contributed by atoms with van der Waals surface area (Å²) in [7, 11) is 1.48. The molecule has 0 saturated heterocycles. The molecule has 0 atom stereocenters. The molecule has 1 aliphatic rings. The molecule has 14 heavy (non-hydrogen) atoms. The van der Waals surface area contributed by atoms with Crippen LogP contribution in [-0.4, -0.2) is 23.8 Å². The second-order valence-electron chi connectivity index (χ2n) is 2.95. The Labute approximate surface area is 97.3 Å². The second kappa shape index (κ2) is 3.17. The van der Waals surface area contributed by atoms with E-state index in [2.05, 4.69) is 31.9 Å². The fourth-order valence-corrected chi connectivity index (χ4v) is 2.40. The van der Waals surface area contributed by atoms with E-state index in [1.807, 2.05) is 0 Å². The van der Waals surface area contributed by atoms with Gasteiger partial charge in [-0.3, -0.25) is 14.5 Å². The molecule has 2 rings (SSSR count). The molecule has 3 nitrogen and oxygen atoms in total. The molecule has 0 N–H and O–H groups in total.